The molecule has 0 radical (unpaired) electrons. The number of aromatic nitrogens is 3. The number of nitrogens with one attached hydrogen (secondary N) is 1. The standard InChI is InChI=1S/C19H16BrFN4O2/c20-14-3-1-2-12(8-14)9-22-19(26)18-16-11-27-17(10-25(16)24-23-18)13-4-6-15(21)7-5-13/h1-8,17H,9-11H2,(H,22,26)/t17-/m1/s1. The molecule has 0 saturated carbocycles. The van der Waals surface area contributed by atoms with Gasteiger partial charge >= 0.3 is 0 Å². The highest BCUT2D eigenvalue weighted by Gasteiger charge is 2.27. The topological polar surface area (TPSA) is 69.0 Å². The maximum atomic E-state index is 13.1. The number of ether oxygens (including phenoxy) is 1. The molecule has 0 aliphatic carbocycles. The summed E-state index contributed by atoms with van der Waals surface area (Å²) in [6, 6.07) is 13.9. The predicted molar refractivity (Wildman–Crippen MR) is 99.3 cm³/mol. The zero-order chi connectivity index (χ0) is 18.8. The molecule has 1 aliphatic rings. The second-order valence-electron chi connectivity index (χ2n) is 6.23. The molecule has 6 nitrogen and oxygen atoms in total. The number of halogens is 2. The number of carbonyl (C=O) groups excluding carboxylic acids is 1. The monoisotopic (exact) mass is 430 g/mol. The molecule has 4 rings (SSSR count). The van der Waals surface area contributed by atoms with Crippen LogP contribution in [0.4, 0.5) is 4.39 Å². The molecule has 2 heterocycles. The van der Waals surface area contributed by atoms with Crippen LogP contribution < -0.4 is 5.32 Å². The zero-order valence-corrected chi connectivity index (χ0v) is 15.8. The third kappa shape index (κ3) is 3.91. The van der Waals surface area contributed by atoms with E-state index in [0.29, 0.717) is 18.8 Å². The van der Waals surface area contributed by atoms with Crippen LogP contribution in [-0.4, -0.2) is 20.9 Å². The summed E-state index contributed by atoms with van der Waals surface area (Å²) in [5, 5.41) is 11.0. The van der Waals surface area contributed by atoms with Crippen LogP contribution in [-0.2, 0) is 24.4 Å². The van der Waals surface area contributed by atoms with Crippen molar-refractivity contribution in [1.82, 2.24) is 20.3 Å². The molecule has 0 unspecified atom stereocenters. The van der Waals surface area contributed by atoms with E-state index in [9.17, 15) is 9.18 Å². The smallest absolute Gasteiger partial charge is 0.274 e. The number of hydrogen-bond donors (Lipinski definition) is 1. The average Bonchev–Trinajstić information content (AvgIpc) is 3.10. The van der Waals surface area contributed by atoms with E-state index in [-0.39, 0.29) is 30.1 Å². The summed E-state index contributed by atoms with van der Waals surface area (Å²) in [5.41, 5.74) is 2.74. The van der Waals surface area contributed by atoms with E-state index in [1.807, 2.05) is 24.3 Å². The Hall–Kier alpha value is -2.58. The molecule has 0 saturated heterocycles. The van der Waals surface area contributed by atoms with Gasteiger partial charge in [-0.2, -0.15) is 0 Å². The first-order valence-corrected chi connectivity index (χ1v) is 9.21. The summed E-state index contributed by atoms with van der Waals surface area (Å²) >= 11 is 3.41. The van der Waals surface area contributed by atoms with Crippen molar-refractivity contribution in [2.45, 2.75) is 25.8 Å². The summed E-state index contributed by atoms with van der Waals surface area (Å²) in [4.78, 5) is 12.5. The molecule has 0 spiro atoms. The quantitative estimate of drug-likeness (QED) is 0.688. The molecule has 1 aliphatic heterocycles. The van der Waals surface area contributed by atoms with E-state index in [2.05, 4.69) is 31.6 Å². The lowest BCUT2D eigenvalue weighted by Gasteiger charge is -2.24. The molecular formula is C19H16BrFN4O2. The first-order chi connectivity index (χ1) is 13.1. The van der Waals surface area contributed by atoms with Crippen LogP contribution in [0, 0.1) is 5.82 Å². The normalized spacial score (nSPS) is 16.0. The highest BCUT2D eigenvalue weighted by atomic mass is 79.9. The van der Waals surface area contributed by atoms with Crippen molar-refractivity contribution in [1.29, 1.82) is 0 Å². The van der Waals surface area contributed by atoms with Crippen LogP contribution in [0.5, 0.6) is 0 Å². The number of nitrogens with zero attached hydrogens (tertiary/aromatic N) is 3. The molecule has 1 aromatic heterocycles. The third-order valence-corrected chi connectivity index (χ3v) is 4.89. The summed E-state index contributed by atoms with van der Waals surface area (Å²) in [6.45, 7) is 1.03. The Balaban J connectivity index is 1.44. The minimum atomic E-state index is -0.292. The van der Waals surface area contributed by atoms with Gasteiger partial charge in [-0.1, -0.05) is 45.4 Å². The first kappa shape index (κ1) is 17.8. The second kappa shape index (κ2) is 7.58. The number of rotatable bonds is 4. The van der Waals surface area contributed by atoms with Gasteiger partial charge in [0.15, 0.2) is 5.69 Å². The molecule has 138 valence electrons. The van der Waals surface area contributed by atoms with Gasteiger partial charge in [0.05, 0.1) is 18.8 Å². The maximum absolute atomic E-state index is 13.1. The van der Waals surface area contributed by atoms with E-state index in [4.69, 9.17) is 4.74 Å². The zero-order valence-electron chi connectivity index (χ0n) is 14.2. The third-order valence-electron chi connectivity index (χ3n) is 4.40. The van der Waals surface area contributed by atoms with Gasteiger partial charge in [0.25, 0.3) is 5.91 Å². The van der Waals surface area contributed by atoms with Gasteiger partial charge in [-0.25, -0.2) is 9.07 Å². The fraction of sp³-hybridized carbons (Fsp3) is 0.211. The highest BCUT2D eigenvalue weighted by molar-refractivity contribution is 9.10. The minimum Gasteiger partial charge on any atom is -0.365 e. The lowest BCUT2D eigenvalue weighted by Crippen LogP contribution is -2.27. The fourth-order valence-corrected chi connectivity index (χ4v) is 3.43. The first-order valence-electron chi connectivity index (χ1n) is 8.42. The second-order valence-corrected chi connectivity index (χ2v) is 7.15. The van der Waals surface area contributed by atoms with Crippen LogP contribution in [0.2, 0.25) is 0 Å². The van der Waals surface area contributed by atoms with Crippen LogP contribution in [0.1, 0.15) is 33.4 Å². The van der Waals surface area contributed by atoms with Crippen molar-refractivity contribution < 1.29 is 13.9 Å². The SMILES string of the molecule is O=C(NCc1cccc(Br)c1)c1nnn2c1CO[C@@H](c1ccc(F)cc1)C2. The van der Waals surface area contributed by atoms with Crippen molar-refractivity contribution >= 4 is 21.8 Å². The van der Waals surface area contributed by atoms with E-state index in [1.54, 1.807) is 16.8 Å². The Labute approximate surface area is 163 Å². The summed E-state index contributed by atoms with van der Waals surface area (Å²) in [6.07, 6.45) is -0.252. The van der Waals surface area contributed by atoms with Crippen LogP contribution in [0.15, 0.2) is 53.0 Å². The maximum Gasteiger partial charge on any atom is 0.274 e. The van der Waals surface area contributed by atoms with Crippen molar-refractivity contribution in [2.75, 3.05) is 0 Å². The van der Waals surface area contributed by atoms with E-state index in [1.165, 1.54) is 12.1 Å². The molecule has 1 amide bonds. The molecule has 1 atom stereocenters. The van der Waals surface area contributed by atoms with Crippen LogP contribution in [0.3, 0.4) is 0 Å². The molecule has 8 heteroatoms. The van der Waals surface area contributed by atoms with Gasteiger partial charge in [-0.15, -0.1) is 5.10 Å². The van der Waals surface area contributed by atoms with Gasteiger partial charge in [0.2, 0.25) is 0 Å². The van der Waals surface area contributed by atoms with E-state index < -0.39 is 0 Å². The fourth-order valence-electron chi connectivity index (χ4n) is 2.98. The van der Waals surface area contributed by atoms with Crippen molar-refractivity contribution in [3.8, 4) is 0 Å². The summed E-state index contributed by atoms with van der Waals surface area (Å²) < 4.78 is 21.6. The molecule has 0 fully saturated rings. The number of benzene rings is 2. The van der Waals surface area contributed by atoms with Gasteiger partial charge in [0.1, 0.15) is 11.9 Å². The van der Waals surface area contributed by atoms with Crippen molar-refractivity contribution in [3.05, 3.63) is 81.3 Å². The Bertz CT molecular complexity index is 974. The van der Waals surface area contributed by atoms with E-state index in [0.717, 1.165) is 15.6 Å². The summed E-state index contributed by atoms with van der Waals surface area (Å²) in [5.74, 6) is -0.583. The molecule has 1 N–H and O–H groups in total. The Morgan fingerprint density at radius 3 is 2.89 bits per heavy atom. The largest absolute Gasteiger partial charge is 0.365 e. The van der Waals surface area contributed by atoms with Gasteiger partial charge in [0, 0.05) is 11.0 Å². The summed E-state index contributed by atoms with van der Waals surface area (Å²) in [7, 11) is 0. The molecular weight excluding hydrogens is 415 g/mol. The number of amides is 1. The van der Waals surface area contributed by atoms with E-state index >= 15 is 0 Å². The predicted octanol–water partition coefficient (Wildman–Crippen LogP) is 3.38. The molecule has 3 aromatic rings. The van der Waals surface area contributed by atoms with Gasteiger partial charge in [-0.3, -0.25) is 4.79 Å². The van der Waals surface area contributed by atoms with Crippen LogP contribution >= 0.6 is 15.9 Å². The molecule has 27 heavy (non-hydrogen) atoms. The molecule has 0 bridgehead atoms. The van der Waals surface area contributed by atoms with Gasteiger partial charge in [-0.05, 0) is 35.4 Å². The molecule has 2 aromatic carbocycles. The van der Waals surface area contributed by atoms with Crippen molar-refractivity contribution in [2.24, 2.45) is 0 Å². The van der Waals surface area contributed by atoms with Crippen LogP contribution in [0.25, 0.3) is 0 Å². The van der Waals surface area contributed by atoms with Crippen molar-refractivity contribution in [3.63, 3.8) is 0 Å². The Kier molecular flexibility index (Phi) is 5.00. The Morgan fingerprint density at radius 1 is 1.30 bits per heavy atom. The minimum absolute atomic E-state index is 0.217. The lowest BCUT2D eigenvalue weighted by molar-refractivity contribution is -0.00180. The number of hydrogen-bond acceptors (Lipinski definition) is 4. The lowest BCUT2D eigenvalue weighted by atomic mass is 10.1. The average molecular weight is 431 g/mol. The number of carbonyl (C=O) groups is 1. The number of fused-ring (bicyclic) bond motifs is 1. The highest BCUT2D eigenvalue weighted by Crippen LogP contribution is 2.27. The Morgan fingerprint density at radius 2 is 2.11 bits per heavy atom. The van der Waals surface area contributed by atoms with Gasteiger partial charge < -0.3 is 10.1 Å².